The van der Waals surface area contributed by atoms with Crippen LogP contribution in [0.15, 0.2) is 77.4 Å². The summed E-state index contributed by atoms with van der Waals surface area (Å²) in [6.45, 7) is 0. The molecule has 0 aliphatic rings. The minimum atomic E-state index is -0.403. The lowest BCUT2D eigenvalue weighted by Gasteiger charge is -2.18. The SMILES string of the molecule is O=C(CC(c1ccccc1)c1ccccc1)NNC(=O)c1cc(Br)c[nH]1. The normalized spacial score (nSPS) is 10.5. The fraction of sp³-hybridized carbons (Fsp3) is 0.100. The maximum absolute atomic E-state index is 12.4. The lowest BCUT2D eigenvalue weighted by molar-refractivity contribution is -0.122. The van der Waals surface area contributed by atoms with Crippen molar-refractivity contribution >= 4 is 27.7 Å². The summed E-state index contributed by atoms with van der Waals surface area (Å²) in [6.07, 6.45) is 1.88. The number of hydrazine groups is 1. The number of hydrogen-bond acceptors (Lipinski definition) is 2. The van der Waals surface area contributed by atoms with Crippen molar-refractivity contribution in [3.05, 3.63) is 94.2 Å². The van der Waals surface area contributed by atoms with E-state index in [4.69, 9.17) is 0 Å². The van der Waals surface area contributed by atoms with Gasteiger partial charge in [-0.2, -0.15) is 0 Å². The molecule has 3 rings (SSSR count). The molecule has 132 valence electrons. The molecule has 0 bridgehead atoms. The van der Waals surface area contributed by atoms with Gasteiger partial charge in [-0.05, 0) is 33.1 Å². The van der Waals surface area contributed by atoms with Gasteiger partial charge in [0.1, 0.15) is 5.69 Å². The third kappa shape index (κ3) is 4.61. The number of carbonyl (C=O) groups is 2. The lowest BCUT2D eigenvalue weighted by atomic mass is 9.88. The summed E-state index contributed by atoms with van der Waals surface area (Å²) in [5, 5.41) is 0. The van der Waals surface area contributed by atoms with E-state index in [0.717, 1.165) is 15.6 Å². The predicted molar refractivity (Wildman–Crippen MR) is 103 cm³/mol. The van der Waals surface area contributed by atoms with Crippen LogP contribution >= 0.6 is 15.9 Å². The molecule has 0 saturated carbocycles. The highest BCUT2D eigenvalue weighted by atomic mass is 79.9. The van der Waals surface area contributed by atoms with Crippen LogP contribution in [-0.4, -0.2) is 16.8 Å². The average Bonchev–Trinajstić information content (AvgIpc) is 3.12. The molecule has 0 atom stereocenters. The Hall–Kier alpha value is -2.86. The molecule has 0 saturated heterocycles. The number of carbonyl (C=O) groups excluding carboxylic acids is 2. The van der Waals surface area contributed by atoms with Crippen LogP contribution in [0.1, 0.15) is 34.0 Å². The zero-order valence-corrected chi connectivity index (χ0v) is 15.5. The van der Waals surface area contributed by atoms with Gasteiger partial charge in [0.15, 0.2) is 0 Å². The first-order chi connectivity index (χ1) is 12.6. The van der Waals surface area contributed by atoms with Gasteiger partial charge in [-0.15, -0.1) is 0 Å². The van der Waals surface area contributed by atoms with Gasteiger partial charge in [-0.25, -0.2) is 0 Å². The van der Waals surface area contributed by atoms with Crippen LogP contribution in [0, 0.1) is 0 Å². The number of hydrogen-bond donors (Lipinski definition) is 3. The Morgan fingerprint density at radius 2 is 1.50 bits per heavy atom. The molecular weight excluding hydrogens is 394 g/mol. The Morgan fingerprint density at radius 3 is 2.00 bits per heavy atom. The Bertz CT molecular complexity index is 839. The number of benzene rings is 2. The van der Waals surface area contributed by atoms with Crippen molar-refractivity contribution in [2.75, 3.05) is 0 Å². The molecule has 0 radical (unpaired) electrons. The number of halogens is 1. The molecule has 0 aliphatic carbocycles. The van der Waals surface area contributed by atoms with E-state index in [1.54, 1.807) is 12.3 Å². The summed E-state index contributed by atoms with van der Waals surface area (Å²) >= 11 is 3.27. The first-order valence-electron chi connectivity index (χ1n) is 8.16. The molecule has 0 spiro atoms. The first-order valence-corrected chi connectivity index (χ1v) is 8.96. The second-order valence-electron chi connectivity index (χ2n) is 5.81. The van der Waals surface area contributed by atoms with Gasteiger partial charge in [-0.1, -0.05) is 60.7 Å². The Kier molecular flexibility index (Phi) is 5.86. The smallest absolute Gasteiger partial charge is 0.286 e. The number of rotatable bonds is 5. The van der Waals surface area contributed by atoms with E-state index >= 15 is 0 Å². The van der Waals surface area contributed by atoms with E-state index in [9.17, 15) is 9.59 Å². The Morgan fingerprint density at radius 1 is 0.923 bits per heavy atom. The summed E-state index contributed by atoms with van der Waals surface area (Å²) in [6, 6.07) is 21.3. The van der Waals surface area contributed by atoms with Crippen molar-refractivity contribution in [3.63, 3.8) is 0 Å². The molecule has 3 aromatic rings. The van der Waals surface area contributed by atoms with Crippen molar-refractivity contribution in [3.8, 4) is 0 Å². The number of amides is 2. The molecule has 3 N–H and O–H groups in total. The van der Waals surface area contributed by atoms with E-state index < -0.39 is 5.91 Å². The van der Waals surface area contributed by atoms with E-state index in [0.29, 0.717) is 5.69 Å². The molecule has 2 aromatic carbocycles. The highest BCUT2D eigenvalue weighted by Crippen LogP contribution is 2.27. The van der Waals surface area contributed by atoms with Gasteiger partial charge < -0.3 is 4.98 Å². The molecule has 5 nitrogen and oxygen atoms in total. The summed E-state index contributed by atoms with van der Waals surface area (Å²) in [5.41, 5.74) is 7.38. The van der Waals surface area contributed by atoms with E-state index in [2.05, 4.69) is 31.8 Å². The van der Waals surface area contributed by atoms with Crippen LogP contribution in [0.4, 0.5) is 0 Å². The first kappa shape index (κ1) is 17.9. The van der Waals surface area contributed by atoms with Gasteiger partial charge in [-0.3, -0.25) is 20.4 Å². The van der Waals surface area contributed by atoms with Crippen LogP contribution in [0.5, 0.6) is 0 Å². The topological polar surface area (TPSA) is 74.0 Å². The van der Waals surface area contributed by atoms with E-state index in [1.165, 1.54) is 0 Å². The van der Waals surface area contributed by atoms with Crippen LogP contribution in [0.3, 0.4) is 0 Å². The van der Waals surface area contributed by atoms with Crippen LogP contribution in [-0.2, 0) is 4.79 Å². The Labute approximate surface area is 159 Å². The average molecular weight is 412 g/mol. The number of H-pyrrole nitrogens is 1. The molecule has 0 unspecified atom stereocenters. The largest absolute Gasteiger partial charge is 0.356 e. The summed E-state index contributed by atoms with van der Waals surface area (Å²) in [5.74, 6) is -0.754. The fourth-order valence-electron chi connectivity index (χ4n) is 2.73. The minimum Gasteiger partial charge on any atom is -0.356 e. The molecule has 1 aromatic heterocycles. The molecule has 2 amide bonds. The summed E-state index contributed by atoms with van der Waals surface area (Å²) in [4.78, 5) is 27.2. The zero-order valence-electron chi connectivity index (χ0n) is 13.9. The van der Waals surface area contributed by atoms with Gasteiger partial charge in [0, 0.05) is 23.0 Å². The van der Waals surface area contributed by atoms with Gasteiger partial charge in [0.2, 0.25) is 5.91 Å². The quantitative estimate of drug-likeness (QED) is 0.559. The predicted octanol–water partition coefficient (Wildman–Crippen LogP) is 3.76. The van der Waals surface area contributed by atoms with Crippen LogP contribution in [0.25, 0.3) is 0 Å². The van der Waals surface area contributed by atoms with Gasteiger partial charge in [0.25, 0.3) is 5.91 Å². The van der Waals surface area contributed by atoms with E-state index in [1.807, 2.05) is 60.7 Å². The zero-order chi connectivity index (χ0) is 18.4. The second-order valence-corrected chi connectivity index (χ2v) is 6.73. The molecule has 0 aliphatic heterocycles. The number of aromatic amines is 1. The third-order valence-electron chi connectivity index (χ3n) is 4.00. The van der Waals surface area contributed by atoms with Crippen LogP contribution < -0.4 is 10.9 Å². The standard InChI is InChI=1S/C20H18BrN3O2/c21-16-11-18(22-13-16)20(26)24-23-19(25)12-17(14-7-3-1-4-8-14)15-9-5-2-6-10-15/h1-11,13,17,22H,12H2,(H,23,25)(H,24,26). The molecule has 1 heterocycles. The van der Waals surface area contributed by atoms with Crippen LogP contribution in [0.2, 0.25) is 0 Å². The third-order valence-corrected chi connectivity index (χ3v) is 4.46. The molecular formula is C20H18BrN3O2. The second kappa shape index (κ2) is 8.49. The monoisotopic (exact) mass is 411 g/mol. The summed E-state index contributed by atoms with van der Waals surface area (Å²) < 4.78 is 0.766. The van der Waals surface area contributed by atoms with Gasteiger partial charge >= 0.3 is 0 Å². The van der Waals surface area contributed by atoms with E-state index in [-0.39, 0.29) is 18.2 Å². The highest BCUT2D eigenvalue weighted by Gasteiger charge is 2.18. The van der Waals surface area contributed by atoms with Crippen molar-refractivity contribution in [2.45, 2.75) is 12.3 Å². The van der Waals surface area contributed by atoms with Gasteiger partial charge in [0.05, 0.1) is 0 Å². The number of nitrogens with one attached hydrogen (secondary N) is 3. The highest BCUT2D eigenvalue weighted by molar-refractivity contribution is 9.10. The molecule has 0 fully saturated rings. The van der Waals surface area contributed by atoms with Crippen molar-refractivity contribution in [1.82, 2.24) is 15.8 Å². The van der Waals surface area contributed by atoms with Crippen molar-refractivity contribution in [1.29, 1.82) is 0 Å². The maximum Gasteiger partial charge on any atom is 0.286 e. The Balaban J connectivity index is 1.67. The van der Waals surface area contributed by atoms with Crippen molar-refractivity contribution < 1.29 is 9.59 Å². The molecule has 26 heavy (non-hydrogen) atoms. The maximum atomic E-state index is 12.4. The minimum absolute atomic E-state index is 0.0889. The lowest BCUT2D eigenvalue weighted by Crippen LogP contribution is -2.42. The molecule has 6 heteroatoms. The summed E-state index contributed by atoms with van der Waals surface area (Å²) in [7, 11) is 0. The fourth-order valence-corrected chi connectivity index (χ4v) is 3.07. The number of aromatic nitrogens is 1. The van der Waals surface area contributed by atoms with Crippen molar-refractivity contribution in [2.24, 2.45) is 0 Å².